The molecule has 7 heteroatoms. The van der Waals surface area contributed by atoms with E-state index < -0.39 is 6.04 Å². The van der Waals surface area contributed by atoms with Crippen LogP contribution in [0.3, 0.4) is 0 Å². The first-order valence-corrected chi connectivity index (χ1v) is 10.2. The van der Waals surface area contributed by atoms with Gasteiger partial charge in [0.25, 0.3) is 5.91 Å². The fraction of sp³-hybridized carbons (Fsp3) is 0.571. The summed E-state index contributed by atoms with van der Waals surface area (Å²) in [5.74, 6) is 0.0777. The number of hydrogen-bond acceptors (Lipinski definition) is 5. The molecule has 2 bridgehead atoms. The van der Waals surface area contributed by atoms with Gasteiger partial charge in [-0.25, -0.2) is 0 Å². The molecule has 2 aliphatic heterocycles. The van der Waals surface area contributed by atoms with Crippen LogP contribution < -0.4 is 16.4 Å². The minimum atomic E-state index is -0.561. The first-order chi connectivity index (χ1) is 13.5. The number of piperidine rings is 1. The van der Waals surface area contributed by atoms with Crippen LogP contribution in [0.15, 0.2) is 18.2 Å². The van der Waals surface area contributed by atoms with Crippen LogP contribution in [0.5, 0.6) is 0 Å². The van der Waals surface area contributed by atoms with Crippen molar-refractivity contribution in [2.75, 3.05) is 6.54 Å². The Kier molecular flexibility index (Phi) is 4.07. The average molecular weight is 382 g/mol. The second-order valence-electron chi connectivity index (χ2n) is 8.90. The molecular formula is C21H26N4O3. The third-order valence-corrected chi connectivity index (χ3v) is 7.25. The Morgan fingerprint density at radius 2 is 2.07 bits per heavy atom. The predicted octanol–water partition coefficient (Wildman–Crippen LogP) is 0.665. The van der Waals surface area contributed by atoms with Gasteiger partial charge in [-0.15, -0.1) is 0 Å². The van der Waals surface area contributed by atoms with Crippen LogP contribution in [-0.2, 0) is 22.7 Å². The monoisotopic (exact) mass is 382 g/mol. The molecule has 1 aromatic carbocycles. The zero-order valence-corrected chi connectivity index (χ0v) is 15.9. The minimum Gasteiger partial charge on any atom is -0.330 e. The van der Waals surface area contributed by atoms with Crippen molar-refractivity contribution in [1.82, 2.24) is 15.5 Å². The summed E-state index contributed by atoms with van der Waals surface area (Å²) in [7, 11) is 0. The minimum absolute atomic E-state index is 0.122. The van der Waals surface area contributed by atoms with Gasteiger partial charge in [0.05, 0.1) is 0 Å². The van der Waals surface area contributed by atoms with Crippen molar-refractivity contribution >= 4 is 17.7 Å². The number of carbonyl (C=O) groups excluding carboxylic acids is 3. The van der Waals surface area contributed by atoms with Gasteiger partial charge in [0.15, 0.2) is 0 Å². The Labute approximate surface area is 164 Å². The van der Waals surface area contributed by atoms with Crippen LogP contribution in [-0.4, -0.2) is 41.2 Å². The van der Waals surface area contributed by atoms with E-state index in [1.807, 2.05) is 12.1 Å². The van der Waals surface area contributed by atoms with E-state index in [2.05, 4.69) is 16.7 Å². The molecule has 3 amide bonds. The number of nitrogens with one attached hydrogen (secondary N) is 2. The molecular weight excluding hydrogens is 356 g/mol. The first-order valence-electron chi connectivity index (χ1n) is 10.2. The molecule has 4 fully saturated rings. The van der Waals surface area contributed by atoms with Crippen molar-refractivity contribution < 1.29 is 14.4 Å². The number of benzene rings is 1. The van der Waals surface area contributed by atoms with E-state index in [4.69, 9.17) is 5.73 Å². The van der Waals surface area contributed by atoms with Crippen molar-refractivity contribution in [3.8, 4) is 0 Å². The quantitative estimate of drug-likeness (QED) is 0.649. The molecule has 5 aliphatic rings. The number of nitrogens with two attached hydrogens (primary N) is 1. The van der Waals surface area contributed by atoms with E-state index in [1.165, 1.54) is 19.3 Å². The van der Waals surface area contributed by atoms with Crippen molar-refractivity contribution in [3.05, 3.63) is 34.9 Å². The van der Waals surface area contributed by atoms with Crippen LogP contribution in [0.2, 0.25) is 0 Å². The Morgan fingerprint density at radius 3 is 2.82 bits per heavy atom. The lowest BCUT2D eigenvalue weighted by Crippen LogP contribution is -2.52. The van der Waals surface area contributed by atoms with Crippen LogP contribution >= 0.6 is 0 Å². The zero-order valence-electron chi connectivity index (χ0n) is 15.9. The van der Waals surface area contributed by atoms with Gasteiger partial charge in [0.2, 0.25) is 11.8 Å². The van der Waals surface area contributed by atoms with E-state index in [-0.39, 0.29) is 24.1 Å². The molecule has 0 aromatic heterocycles. The van der Waals surface area contributed by atoms with Crippen molar-refractivity contribution in [2.24, 2.45) is 17.1 Å². The van der Waals surface area contributed by atoms with E-state index >= 15 is 0 Å². The molecule has 6 rings (SSSR count). The second-order valence-corrected chi connectivity index (χ2v) is 8.90. The van der Waals surface area contributed by atoms with Crippen molar-refractivity contribution in [2.45, 2.75) is 57.3 Å². The maximum absolute atomic E-state index is 12.8. The summed E-state index contributed by atoms with van der Waals surface area (Å²) in [5.41, 5.74) is 9.08. The maximum atomic E-state index is 12.8. The first kappa shape index (κ1) is 17.8. The fourth-order valence-corrected chi connectivity index (χ4v) is 5.71. The van der Waals surface area contributed by atoms with Gasteiger partial charge in [-0.2, -0.15) is 0 Å². The number of fused-ring (bicyclic) bond motifs is 2. The van der Waals surface area contributed by atoms with Gasteiger partial charge in [0, 0.05) is 31.1 Å². The molecule has 2 heterocycles. The summed E-state index contributed by atoms with van der Waals surface area (Å²) in [6, 6.07) is 5.85. The standard InChI is InChI=1S/C21H26N4O3/c22-11-21-7-13(8-21)6-17(21)23-9-12-1-2-15-14(5-12)10-25(20(15)28)16-3-4-18(26)24-19(16)27/h1-2,5,13,16-17,23H,3-4,6-11,22H2,(H,24,26,27). The molecule has 2 atom stereocenters. The summed E-state index contributed by atoms with van der Waals surface area (Å²) >= 11 is 0. The van der Waals surface area contributed by atoms with E-state index in [9.17, 15) is 14.4 Å². The molecule has 3 aliphatic carbocycles. The number of rotatable bonds is 5. The predicted molar refractivity (Wildman–Crippen MR) is 102 cm³/mol. The van der Waals surface area contributed by atoms with Crippen LogP contribution in [0.25, 0.3) is 0 Å². The number of amides is 3. The maximum Gasteiger partial charge on any atom is 0.255 e. The molecule has 28 heavy (non-hydrogen) atoms. The summed E-state index contributed by atoms with van der Waals surface area (Å²) in [4.78, 5) is 37.9. The molecule has 0 spiro atoms. The lowest BCUT2D eigenvalue weighted by Gasteiger charge is -2.40. The van der Waals surface area contributed by atoms with E-state index in [1.54, 1.807) is 4.90 Å². The Morgan fingerprint density at radius 1 is 1.25 bits per heavy atom. The molecule has 148 valence electrons. The van der Waals surface area contributed by atoms with Crippen molar-refractivity contribution in [3.63, 3.8) is 0 Å². The second kappa shape index (κ2) is 6.39. The Balaban J connectivity index is 1.27. The highest BCUT2D eigenvalue weighted by atomic mass is 16.2. The Hall–Kier alpha value is -2.25. The normalized spacial score (nSPS) is 33.7. The smallest absolute Gasteiger partial charge is 0.255 e. The average Bonchev–Trinajstić information content (AvgIpc) is 3.29. The lowest BCUT2D eigenvalue weighted by atomic mass is 9.68. The summed E-state index contributed by atoms with van der Waals surface area (Å²) < 4.78 is 0. The van der Waals surface area contributed by atoms with Gasteiger partial charge in [-0.1, -0.05) is 12.1 Å². The molecule has 4 N–H and O–H groups in total. The van der Waals surface area contributed by atoms with Crippen LogP contribution in [0.4, 0.5) is 0 Å². The largest absolute Gasteiger partial charge is 0.330 e. The number of carbonyl (C=O) groups is 3. The molecule has 3 saturated carbocycles. The highest BCUT2D eigenvalue weighted by Crippen LogP contribution is 2.58. The SMILES string of the molecule is NCC12CC(CC1NCc1ccc3c(c1)CN(C1CCC(=O)NC1=O)C3=O)C2. The van der Waals surface area contributed by atoms with E-state index in [0.717, 1.165) is 30.1 Å². The molecule has 2 unspecified atom stereocenters. The van der Waals surface area contributed by atoms with Gasteiger partial charge in [-0.05, 0) is 60.8 Å². The highest BCUT2D eigenvalue weighted by molar-refractivity contribution is 6.05. The zero-order chi connectivity index (χ0) is 19.5. The van der Waals surface area contributed by atoms with Gasteiger partial charge >= 0.3 is 0 Å². The van der Waals surface area contributed by atoms with Gasteiger partial charge in [-0.3, -0.25) is 19.7 Å². The summed E-state index contributed by atoms with van der Waals surface area (Å²) in [5, 5.41) is 6.03. The Bertz CT molecular complexity index is 861. The van der Waals surface area contributed by atoms with Crippen LogP contribution in [0, 0.1) is 11.3 Å². The van der Waals surface area contributed by atoms with Gasteiger partial charge < -0.3 is 16.0 Å². The number of imide groups is 1. The summed E-state index contributed by atoms with van der Waals surface area (Å²) in [6.07, 6.45) is 4.38. The molecule has 7 nitrogen and oxygen atoms in total. The third-order valence-electron chi connectivity index (χ3n) is 7.25. The molecule has 1 aromatic rings. The molecule has 0 radical (unpaired) electrons. The van der Waals surface area contributed by atoms with Gasteiger partial charge in [0.1, 0.15) is 6.04 Å². The summed E-state index contributed by atoms with van der Waals surface area (Å²) in [6.45, 7) is 1.94. The number of hydrogen-bond donors (Lipinski definition) is 3. The van der Waals surface area contributed by atoms with E-state index in [0.29, 0.717) is 30.0 Å². The molecule has 1 saturated heterocycles. The fourth-order valence-electron chi connectivity index (χ4n) is 5.71. The van der Waals surface area contributed by atoms with Crippen LogP contribution in [0.1, 0.15) is 53.6 Å². The topological polar surface area (TPSA) is 105 Å². The third kappa shape index (κ3) is 2.68. The highest BCUT2D eigenvalue weighted by Gasteiger charge is 2.55. The lowest BCUT2D eigenvalue weighted by molar-refractivity contribution is -0.136. The number of nitrogens with zero attached hydrogens (tertiary/aromatic N) is 1. The van der Waals surface area contributed by atoms with Crippen molar-refractivity contribution in [1.29, 1.82) is 0 Å².